The minimum absolute atomic E-state index is 0.000729. The smallest absolute Gasteiger partial charge is 0.305 e. The molecule has 0 aromatic heterocycles. The zero-order chi connectivity index (χ0) is 55.7. The fourth-order valence-corrected chi connectivity index (χ4v) is 10.5. The van der Waals surface area contributed by atoms with Crippen LogP contribution in [0.25, 0.3) is 0 Å². The number of carbonyl (C=O) groups is 2. The van der Waals surface area contributed by atoms with Gasteiger partial charge in [0.15, 0.2) is 0 Å². The molecule has 77 heavy (non-hydrogen) atoms. The maximum atomic E-state index is 12.5. The molecule has 0 aliphatic carbocycles. The van der Waals surface area contributed by atoms with Crippen molar-refractivity contribution in [3.8, 4) is 0 Å². The molecule has 0 radical (unpaired) electrons. The Balaban J connectivity index is 3.46. The second-order valence-corrected chi connectivity index (χ2v) is 23.5. The maximum Gasteiger partial charge on any atom is 0.305 e. The topological polar surface area (TPSA) is 95.9 Å². The highest BCUT2D eigenvalue weighted by Gasteiger charge is 2.18. The Morgan fingerprint density at radius 3 is 1.00 bits per heavy atom. The quantitative estimate of drug-likeness (QED) is 0.0320. The highest BCUT2D eigenvalue weighted by atomic mass is 16.5. The normalized spacial score (nSPS) is 12.8. The summed E-state index contributed by atoms with van der Waals surface area (Å²) in [5.41, 5.74) is 0. The van der Waals surface area contributed by atoms with Gasteiger partial charge in [0.1, 0.15) is 0 Å². The second kappa shape index (κ2) is 66.3. The Labute approximate surface area is 480 Å². The molecule has 0 saturated heterocycles. The van der Waals surface area contributed by atoms with Crippen LogP contribution < -0.4 is 5.32 Å². The zero-order valence-corrected chi connectivity index (χ0v) is 51.7. The predicted molar refractivity (Wildman–Crippen MR) is 338 cm³/mol. The van der Waals surface area contributed by atoms with Gasteiger partial charge in [-0.05, 0) is 89.9 Å². The Bertz CT molecular complexity index is 1290. The average Bonchev–Trinajstić information content (AvgIpc) is 3.43. The minimum atomic E-state index is -0.850. The predicted octanol–water partition coefficient (Wildman–Crippen LogP) is 22.1. The van der Waals surface area contributed by atoms with E-state index in [1.807, 2.05) is 6.08 Å². The van der Waals surface area contributed by atoms with Gasteiger partial charge in [0, 0.05) is 12.8 Å². The molecule has 0 heterocycles. The average molecular weight is 1080 g/mol. The van der Waals surface area contributed by atoms with Gasteiger partial charge in [-0.2, -0.15) is 0 Å². The molecule has 0 rings (SSSR count). The maximum absolute atomic E-state index is 12.5. The van der Waals surface area contributed by atoms with E-state index in [0.717, 1.165) is 51.4 Å². The number of carbonyl (C=O) groups excluding carboxylic acids is 2. The van der Waals surface area contributed by atoms with Crippen molar-refractivity contribution in [2.45, 2.75) is 379 Å². The summed E-state index contributed by atoms with van der Waals surface area (Å²) in [5.74, 6) is -0.0709. The lowest BCUT2D eigenvalue weighted by Crippen LogP contribution is -2.45. The first-order chi connectivity index (χ1) is 38.0. The highest BCUT2D eigenvalue weighted by molar-refractivity contribution is 5.76. The van der Waals surface area contributed by atoms with Gasteiger partial charge in [0.25, 0.3) is 0 Å². The van der Waals surface area contributed by atoms with Crippen LogP contribution in [0.2, 0.25) is 0 Å². The summed E-state index contributed by atoms with van der Waals surface area (Å²) in [6.45, 7) is 4.91. The van der Waals surface area contributed by atoms with Gasteiger partial charge >= 0.3 is 5.97 Å². The van der Waals surface area contributed by atoms with E-state index in [0.29, 0.717) is 19.4 Å². The van der Waals surface area contributed by atoms with Gasteiger partial charge in [-0.3, -0.25) is 9.59 Å². The largest absolute Gasteiger partial charge is 0.466 e. The summed E-state index contributed by atoms with van der Waals surface area (Å²) in [5, 5.41) is 23.2. The first-order valence-electron chi connectivity index (χ1n) is 34.4. The van der Waals surface area contributed by atoms with Crippen LogP contribution in [0.15, 0.2) is 48.6 Å². The molecule has 0 aliphatic heterocycles. The van der Waals surface area contributed by atoms with Crippen LogP contribution in [0.1, 0.15) is 367 Å². The number of unbranched alkanes of at least 4 members (excludes halogenated alkanes) is 47. The summed E-state index contributed by atoms with van der Waals surface area (Å²) >= 11 is 0. The molecular weight excluding hydrogens is 947 g/mol. The van der Waals surface area contributed by atoms with Crippen LogP contribution in [0, 0.1) is 0 Å². The monoisotopic (exact) mass is 1080 g/mol. The molecule has 1 amide bonds. The zero-order valence-electron chi connectivity index (χ0n) is 51.7. The van der Waals surface area contributed by atoms with Crippen molar-refractivity contribution < 1.29 is 24.5 Å². The number of allylic oxidation sites excluding steroid dienone is 7. The number of amides is 1. The van der Waals surface area contributed by atoms with Gasteiger partial charge in [-0.25, -0.2) is 0 Å². The third kappa shape index (κ3) is 62.9. The summed E-state index contributed by atoms with van der Waals surface area (Å²) in [7, 11) is 0. The van der Waals surface area contributed by atoms with Crippen molar-refractivity contribution in [2.75, 3.05) is 13.2 Å². The molecule has 0 saturated carbocycles. The third-order valence-corrected chi connectivity index (χ3v) is 15.8. The first kappa shape index (κ1) is 74.8. The van der Waals surface area contributed by atoms with E-state index < -0.39 is 12.1 Å². The van der Waals surface area contributed by atoms with E-state index in [1.54, 1.807) is 6.08 Å². The molecular formula is C71H133NO5. The number of aliphatic hydroxyl groups excluding tert-OH is 2. The molecule has 0 aromatic rings. The molecule has 452 valence electrons. The lowest BCUT2D eigenvalue weighted by Gasteiger charge is -2.20. The van der Waals surface area contributed by atoms with Gasteiger partial charge in [0.2, 0.25) is 5.91 Å². The standard InChI is InChI=1S/C71H133NO5/c1-3-5-7-9-11-13-15-17-19-20-21-29-32-36-39-43-47-51-55-59-63-69(74)68(67-73)72-70(75)64-60-56-52-48-44-40-37-33-30-27-25-23-22-24-26-28-31-34-38-42-46-50-54-58-62-66-77-71(76)65-61-57-53-49-45-41-35-18-16-14-12-10-8-6-4-2/h18,23-26,35,59,63,68-69,73-74H,3-17,19-22,27-34,36-58,60-62,64-67H2,1-2H3,(H,72,75)/b25-23-,26-24-,35-18-,63-59+. The van der Waals surface area contributed by atoms with E-state index in [9.17, 15) is 19.8 Å². The van der Waals surface area contributed by atoms with Crippen LogP contribution in [0.3, 0.4) is 0 Å². The minimum Gasteiger partial charge on any atom is -0.466 e. The number of hydrogen-bond donors (Lipinski definition) is 3. The molecule has 2 atom stereocenters. The SMILES string of the molecule is CCCCCCCC/C=C\CCCCCCCC(=O)OCCCCCCCCCCC/C=C\C/C=C\CCCCCCCCCCCC(=O)NC(CO)C(O)/C=C/CCCCCCCCCCCCCCCCCCCC. The number of aliphatic hydroxyl groups is 2. The number of hydrogen-bond acceptors (Lipinski definition) is 5. The Morgan fingerprint density at radius 2 is 0.649 bits per heavy atom. The van der Waals surface area contributed by atoms with E-state index >= 15 is 0 Å². The molecule has 3 N–H and O–H groups in total. The van der Waals surface area contributed by atoms with Gasteiger partial charge in [0.05, 0.1) is 25.4 Å². The van der Waals surface area contributed by atoms with E-state index in [2.05, 4.69) is 55.6 Å². The highest BCUT2D eigenvalue weighted by Crippen LogP contribution is 2.17. The molecule has 6 nitrogen and oxygen atoms in total. The summed E-state index contributed by atoms with van der Waals surface area (Å²) in [4.78, 5) is 24.6. The van der Waals surface area contributed by atoms with Crippen molar-refractivity contribution in [3.05, 3.63) is 48.6 Å². The molecule has 0 fully saturated rings. The van der Waals surface area contributed by atoms with Crippen molar-refractivity contribution in [2.24, 2.45) is 0 Å². The van der Waals surface area contributed by atoms with E-state index in [-0.39, 0.29) is 18.5 Å². The third-order valence-electron chi connectivity index (χ3n) is 15.8. The molecule has 0 aliphatic rings. The van der Waals surface area contributed by atoms with Gasteiger partial charge in [-0.1, -0.05) is 313 Å². The lowest BCUT2D eigenvalue weighted by atomic mass is 10.0. The van der Waals surface area contributed by atoms with Gasteiger partial charge < -0.3 is 20.3 Å². The number of esters is 1. The molecule has 0 aromatic carbocycles. The van der Waals surface area contributed by atoms with E-state index in [4.69, 9.17) is 4.74 Å². The second-order valence-electron chi connectivity index (χ2n) is 23.5. The Kier molecular flexibility index (Phi) is 64.5. The fourth-order valence-electron chi connectivity index (χ4n) is 10.5. The van der Waals surface area contributed by atoms with Crippen molar-refractivity contribution in [1.29, 1.82) is 0 Å². The van der Waals surface area contributed by atoms with Crippen LogP contribution in [0.5, 0.6) is 0 Å². The molecule has 6 heteroatoms. The van der Waals surface area contributed by atoms with Crippen LogP contribution >= 0.6 is 0 Å². The van der Waals surface area contributed by atoms with Crippen LogP contribution in [-0.4, -0.2) is 47.4 Å². The lowest BCUT2D eigenvalue weighted by molar-refractivity contribution is -0.143. The van der Waals surface area contributed by atoms with Crippen molar-refractivity contribution >= 4 is 11.9 Å². The van der Waals surface area contributed by atoms with E-state index in [1.165, 1.54) is 289 Å². The fraction of sp³-hybridized carbons (Fsp3) is 0.859. The van der Waals surface area contributed by atoms with Crippen molar-refractivity contribution in [1.82, 2.24) is 5.32 Å². The molecule has 0 bridgehead atoms. The summed E-state index contributed by atoms with van der Waals surface area (Å²) < 4.78 is 5.48. The summed E-state index contributed by atoms with van der Waals surface area (Å²) in [6.07, 6.45) is 86.0. The Morgan fingerprint density at radius 1 is 0.364 bits per heavy atom. The summed E-state index contributed by atoms with van der Waals surface area (Å²) in [6, 6.07) is -0.634. The van der Waals surface area contributed by atoms with Crippen LogP contribution in [0.4, 0.5) is 0 Å². The van der Waals surface area contributed by atoms with Crippen molar-refractivity contribution in [3.63, 3.8) is 0 Å². The molecule has 0 spiro atoms. The number of ether oxygens (including phenoxy) is 1. The number of rotatable bonds is 64. The number of nitrogens with one attached hydrogen (secondary N) is 1. The molecule has 2 unspecified atom stereocenters. The van der Waals surface area contributed by atoms with Crippen LogP contribution in [-0.2, 0) is 14.3 Å². The van der Waals surface area contributed by atoms with Gasteiger partial charge in [-0.15, -0.1) is 0 Å². The Hall–Kier alpha value is -2.18. The first-order valence-corrected chi connectivity index (χ1v) is 34.4.